The van der Waals surface area contributed by atoms with E-state index in [1.807, 2.05) is 0 Å². The van der Waals surface area contributed by atoms with Crippen LogP contribution in [0.5, 0.6) is 5.75 Å². The lowest BCUT2D eigenvalue weighted by Crippen LogP contribution is -2.14. The van der Waals surface area contributed by atoms with Gasteiger partial charge in [-0.3, -0.25) is 0 Å². The van der Waals surface area contributed by atoms with Crippen molar-refractivity contribution in [3.63, 3.8) is 0 Å². The molecule has 1 atom stereocenters. The highest BCUT2D eigenvalue weighted by Crippen LogP contribution is 2.31. The number of anilines is 1. The summed E-state index contributed by atoms with van der Waals surface area (Å²) in [6.07, 6.45) is 1.19. The molecule has 0 radical (unpaired) electrons. The predicted molar refractivity (Wildman–Crippen MR) is 79.6 cm³/mol. The van der Waals surface area contributed by atoms with Crippen LogP contribution in [0.3, 0.4) is 0 Å². The SMILES string of the molecule is CCC(C)CNc1cc(C(C)(C)C)ccc1OC. The molecule has 2 nitrogen and oxygen atoms in total. The van der Waals surface area contributed by atoms with Gasteiger partial charge in [0, 0.05) is 6.54 Å². The lowest BCUT2D eigenvalue weighted by molar-refractivity contribution is 0.415. The molecule has 0 bridgehead atoms. The fourth-order valence-corrected chi connectivity index (χ4v) is 1.74. The summed E-state index contributed by atoms with van der Waals surface area (Å²) in [6.45, 7) is 12.1. The molecule has 0 aliphatic rings. The van der Waals surface area contributed by atoms with Gasteiger partial charge in [-0.1, -0.05) is 47.1 Å². The third-order valence-corrected chi connectivity index (χ3v) is 3.40. The maximum absolute atomic E-state index is 5.42. The van der Waals surface area contributed by atoms with Gasteiger partial charge in [-0.15, -0.1) is 0 Å². The monoisotopic (exact) mass is 249 g/mol. The highest BCUT2D eigenvalue weighted by atomic mass is 16.5. The third-order valence-electron chi connectivity index (χ3n) is 3.40. The molecule has 0 aliphatic carbocycles. The summed E-state index contributed by atoms with van der Waals surface area (Å²) in [5.41, 5.74) is 2.60. The minimum absolute atomic E-state index is 0.166. The van der Waals surface area contributed by atoms with Crippen molar-refractivity contribution in [2.24, 2.45) is 5.92 Å². The average Bonchev–Trinajstić information content (AvgIpc) is 2.34. The van der Waals surface area contributed by atoms with Gasteiger partial charge >= 0.3 is 0 Å². The maximum atomic E-state index is 5.42. The summed E-state index contributed by atoms with van der Waals surface area (Å²) in [7, 11) is 1.72. The van der Waals surface area contributed by atoms with Gasteiger partial charge in [0.25, 0.3) is 0 Å². The van der Waals surface area contributed by atoms with Crippen molar-refractivity contribution in [2.75, 3.05) is 19.0 Å². The molecule has 18 heavy (non-hydrogen) atoms. The fraction of sp³-hybridized carbons (Fsp3) is 0.625. The summed E-state index contributed by atoms with van der Waals surface area (Å²) >= 11 is 0. The van der Waals surface area contributed by atoms with Crippen LogP contribution in [0, 0.1) is 5.92 Å². The van der Waals surface area contributed by atoms with Crippen LogP contribution in [0.25, 0.3) is 0 Å². The number of benzene rings is 1. The van der Waals surface area contributed by atoms with E-state index >= 15 is 0 Å². The Balaban J connectivity index is 2.92. The summed E-state index contributed by atoms with van der Waals surface area (Å²) in [5.74, 6) is 1.60. The molecule has 1 unspecified atom stereocenters. The molecule has 2 heteroatoms. The highest BCUT2D eigenvalue weighted by Gasteiger charge is 2.15. The second-order valence-corrected chi connectivity index (χ2v) is 6.06. The van der Waals surface area contributed by atoms with E-state index in [2.05, 4.69) is 58.1 Å². The molecule has 1 aromatic rings. The first-order chi connectivity index (χ1) is 8.38. The second-order valence-electron chi connectivity index (χ2n) is 6.06. The second kappa shape index (κ2) is 6.12. The van der Waals surface area contributed by atoms with E-state index in [1.54, 1.807) is 7.11 Å². The van der Waals surface area contributed by atoms with Gasteiger partial charge in [-0.2, -0.15) is 0 Å². The third kappa shape index (κ3) is 3.94. The molecular weight excluding hydrogens is 222 g/mol. The van der Waals surface area contributed by atoms with Crippen molar-refractivity contribution in [3.8, 4) is 5.75 Å². The van der Waals surface area contributed by atoms with E-state index in [-0.39, 0.29) is 5.41 Å². The number of methoxy groups -OCH3 is 1. The number of hydrogen-bond acceptors (Lipinski definition) is 2. The summed E-state index contributed by atoms with van der Waals surface area (Å²) < 4.78 is 5.42. The lowest BCUT2D eigenvalue weighted by Gasteiger charge is -2.22. The summed E-state index contributed by atoms with van der Waals surface area (Å²) in [6, 6.07) is 6.41. The van der Waals surface area contributed by atoms with Gasteiger partial charge in [-0.05, 0) is 29.0 Å². The van der Waals surface area contributed by atoms with Crippen LogP contribution in [-0.4, -0.2) is 13.7 Å². The van der Waals surface area contributed by atoms with Crippen LogP contribution in [0.2, 0.25) is 0 Å². The van der Waals surface area contributed by atoms with Crippen LogP contribution < -0.4 is 10.1 Å². The molecule has 1 N–H and O–H groups in total. The van der Waals surface area contributed by atoms with Crippen molar-refractivity contribution in [1.29, 1.82) is 0 Å². The van der Waals surface area contributed by atoms with Crippen LogP contribution in [0.15, 0.2) is 18.2 Å². The molecule has 102 valence electrons. The molecular formula is C16H27NO. The number of hydrogen-bond donors (Lipinski definition) is 1. The quantitative estimate of drug-likeness (QED) is 0.832. The Kier molecular flexibility index (Phi) is 5.06. The molecule has 1 rings (SSSR count). The molecule has 1 aromatic carbocycles. The Morgan fingerprint density at radius 2 is 1.94 bits per heavy atom. The average molecular weight is 249 g/mol. The van der Waals surface area contributed by atoms with Crippen molar-refractivity contribution in [1.82, 2.24) is 0 Å². The normalized spacial score (nSPS) is 13.2. The number of nitrogens with one attached hydrogen (secondary N) is 1. The zero-order valence-electron chi connectivity index (χ0n) is 12.6. The first-order valence-electron chi connectivity index (χ1n) is 6.80. The van der Waals surface area contributed by atoms with Crippen molar-refractivity contribution in [2.45, 2.75) is 46.5 Å². The van der Waals surface area contributed by atoms with E-state index in [1.165, 1.54) is 12.0 Å². The van der Waals surface area contributed by atoms with Crippen LogP contribution in [-0.2, 0) is 5.41 Å². The topological polar surface area (TPSA) is 21.3 Å². The van der Waals surface area contributed by atoms with E-state index < -0.39 is 0 Å². The Labute approximate surface area is 112 Å². The first kappa shape index (κ1) is 14.9. The summed E-state index contributed by atoms with van der Waals surface area (Å²) in [4.78, 5) is 0. The molecule has 0 aromatic heterocycles. The molecule has 0 fully saturated rings. The lowest BCUT2D eigenvalue weighted by atomic mass is 9.87. The van der Waals surface area contributed by atoms with E-state index in [4.69, 9.17) is 4.74 Å². The zero-order valence-corrected chi connectivity index (χ0v) is 12.6. The van der Waals surface area contributed by atoms with Gasteiger partial charge in [0.1, 0.15) is 5.75 Å². The first-order valence-corrected chi connectivity index (χ1v) is 6.80. The number of rotatable bonds is 5. The molecule has 0 saturated carbocycles. The van der Waals surface area contributed by atoms with Crippen LogP contribution >= 0.6 is 0 Å². The fourth-order valence-electron chi connectivity index (χ4n) is 1.74. The van der Waals surface area contributed by atoms with Gasteiger partial charge in [0.05, 0.1) is 12.8 Å². The van der Waals surface area contributed by atoms with Crippen molar-refractivity contribution < 1.29 is 4.74 Å². The van der Waals surface area contributed by atoms with E-state index in [0.717, 1.165) is 18.0 Å². The van der Waals surface area contributed by atoms with Crippen molar-refractivity contribution in [3.05, 3.63) is 23.8 Å². The van der Waals surface area contributed by atoms with Crippen molar-refractivity contribution >= 4 is 5.69 Å². The maximum Gasteiger partial charge on any atom is 0.141 e. The van der Waals surface area contributed by atoms with E-state index in [9.17, 15) is 0 Å². The highest BCUT2D eigenvalue weighted by molar-refractivity contribution is 5.59. The Morgan fingerprint density at radius 1 is 1.28 bits per heavy atom. The largest absolute Gasteiger partial charge is 0.495 e. The number of ether oxygens (including phenoxy) is 1. The van der Waals surface area contributed by atoms with Gasteiger partial charge in [0.15, 0.2) is 0 Å². The van der Waals surface area contributed by atoms with Crippen LogP contribution in [0.4, 0.5) is 5.69 Å². The smallest absolute Gasteiger partial charge is 0.141 e. The minimum atomic E-state index is 0.166. The van der Waals surface area contributed by atoms with E-state index in [0.29, 0.717) is 5.92 Å². The van der Waals surface area contributed by atoms with Gasteiger partial charge in [0.2, 0.25) is 0 Å². The van der Waals surface area contributed by atoms with Gasteiger partial charge < -0.3 is 10.1 Å². The Bertz CT molecular complexity index is 379. The molecule has 0 heterocycles. The Morgan fingerprint density at radius 3 is 2.44 bits per heavy atom. The minimum Gasteiger partial charge on any atom is -0.495 e. The zero-order chi connectivity index (χ0) is 13.8. The molecule has 0 saturated heterocycles. The standard InChI is InChI=1S/C16H27NO/c1-7-12(2)11-17-14-10-13(16(3,4)5)8-9-15(14)18-6/h8-10,12,17H,7,11H2,1-6H3. The summed E-state index contributed by atoms with van der Waals surface area (Å²) in [5, 5.41) is 3.50. The molecule has 0 aliphatic heterocycles. The molecule has 0 amide bonds. The Hall–Kier alpha value is -1.18. The van der Waals surface area contributed by atoms with Crippen LogP contribution in [0.1, 0.15) is 46.6 Å². The predicted octanol–water partition coefficient (Wildman–Crippen LogP) is 4.45. The molecule has 0 spiro atoms. The van der Waals surface area contributed by atoms with Gasteiger partial charge in [-0.25, -0.2) is 0 Å².